The molecule has 0 spiro atoms. The SMILES string of the molecule is Cc1nccc(CNC(C)c2ccn[nH]2)n1. The van der Waals surface area contributed by atoms with Crippen LogP contribution < -0.4 is 5.32 Å². The summed E-state index contributed by atoms with van der Waals surface area (Å²) in [5.74, 6) is 0.800. The Labute approximate surface area is 94.3 Å². The molecule has 0 saturated heterocycles. The van der Waals surface area contributed by atoms with Crippen molar-refractivity contribution < 1.29 is 0 Å². The van der Waals surface area contributed by atoms with E-state index in [-0.39, 0.29) is 6.04 Å². The van der Waals surface area contributed by atoms with Crippen molar-refractivity contribution in [2.45, 2.75) is 26.4 Å². The van der Waals surface area contributed by atoms with Crippen LogP contribution in [0.1, 0.15) is 30.2 Å². The number of H-pyrrole nitrogens is 1. The summed E-state index contributed by atoms with van der Waals surface area (Å²) in [5, 5.41) is 10.2. The highest BCUT2D eigenvalue weighted by Gasteiger charge is 2.05. The highest BCUT2D eigenvalue weighted by atomic mass is 15.1. The molecule has 2 aromatic rings. The van der Waals surface area contributed by atoms with Crippen molar-refractivity contribution in [3.05, 3.63) is 41.7 Å². The Kier molecular flexibility index (Phi) is 3.26. The van der Waals surface area contributed by atoms with Crippen LogP contribution in [0.4, 0.5) is 0 Å². The molecule has 2 heterocycles. The zero-order chi connectivity index (χ0) is 11.4. The summed E-state index contributed by atoms with van der Waals surface area (Å²) in [7, 11) is 0. The highest BCUT2D eigenvalue weighted by molar-refractivity contribution is 5.05. The number of rotatable bonds is 4. The van der Waals surface area contributed by atoms with E-state index < -0.39 is 0 Å². The molecule has 0 aliphatic heterocycles. The van der Waals surface area contributed by atoms with Gasteiger partial charge in [-0.05, 0) is 26.0 Å². The van der Waals surface area contributed by atoms with Gasteiger partial charge in [0.15, 0.2) is 0 Å². The third-order valence-electron chi connectivity index (χ3n) is 2.41. The van der Waals surface area contributed by atoms with E-state index in [1.54, 1.807) is 12.4 Å². The summed E-state index contributed by atoms with van der Waals surface area (Å²) in [5.41, 5.74) is 2.07. The molecule has 0 aliphatic carbocycles. The van der Waals surface area contributed by atoms with Crippen molar-refractivity contribution in [2.75, 3.05) is 0 Å². The standard InChI is InChI=1S/C11H15N5/c1-8(11-4-6-14-16-11)13-7-10-3-5-12-9(2)15-10/h3-6,8,13H,7H2,1-2H3,(H,14,16). The zero-order valence-corrected chi connectivity index (χ0v) is 9.44. The highest BCUT2D eigenvalue weighted by Crippen LogP contribution is 2.08. The Hall–Kier alpha value is -1.75. The summed E-state index contributed by atoms with van der Waals surface area (Å²) < 4.78 is 0. The van der Waals surface area contributed by atoms with Crippen molar-refractivity contribution in [3.63, 3.8) is 0 Å². The Morgan fingerprint density at radius 2 is 2.25 bits per heavy atom. The number of aryl methyl sites for hydroxylation is 1. The van der Waals surface area contributed by atoms with Gasteiger partial charge in [-0.3, -0.25) is 5.10 Å². The normalized spacial score (nSPS) is 12.6. The van der Waals surface area contributed by atoms with Crippen molar-refractivity contribution in [1.29, 1.82) is 0 Å². The third-order valence-corrected chi connectivity index (χ3v) is 2.41. The molecule has 0 saturated carbocycles. The molecule has 0 amide bonds. The molecule has 0 bridgehead atoms. The maximum Gasteiger partial charge on any atom is 0.125 e. The van der Waals surface area contributed by atoms with Crippen LogP contribution in [0.15, 0.2) is 24.5 Å². The van der Waals surface area contributed by atoms with Gasteiger partial charge in [0.2, 0.25) is 0 Å². The lowest BCUT2D eigenvalue weighted by molar-refractivity contribution is 0.552. The molecule has 5 heteroatoms. The first-order valence-corrected chi connectivity index (χ1v) is 5.27. The molecule has 2 rings (SSSR count). The van der Waals surface area contributed by atoms with Gasteiger partial charge < -0.3 is 5.32 Å². The molecule has 84 valence electrons. The van der Waals surface area contributed by atoms with E-state index in [4.69, 9.17) is 0 Å². The Morgan fingerprint density at radius 3 is 2.94 bits per heavy atom. The van der Waals surface area contributed by atoms with Gasteiger partial charge >= 0.3 is 0 Å². The van der Waals surface area contributed by atoms with Crippen LogP contribution in [0.2, 0.25) is 0 Å². The maximum absolute atomic E-state index is 4.33. The molecule has 0 aromatic carbocycles. The van der Waals surface area contributed by atoms with Crippen LogP contribution in [0.5, 0.6) is 0 Å². The summed E-state index contributed by atoms with van der Waals surface area (Å²) in [6.07, 6.45) is 3.53. The zero-order valence-electron chi connectivity index (χ0n) is 9.44. The second-order valence-electron chi connectivity index (χ2n) is 3.71. The molecule has 16 heavy (non-hydrogen) atoms. The lowest BCUT2D eigenvalue weighted by atomic mass is 10.2. The fraction of sp³-hybridized carbons (Fsp3) is 0.364. The van der Waals surface area contributed by atoms with Crippen LogP contribution >= 0.6 is 0 Å². The van der Waals surface area contributed by atoms with Gasteiger partial charge in [0.05, 0.1) is 11.4 Å². The van der Waals surface area contributed by atoms with Crippen molar-refractivity contribution in [1.82, 2.24) is 25.5 Å². The van der Waals surface area contributed by atoms with E-state index >= 15 is 0 Å². The first kappa shape index (κ1) is 10.8. The molecule has 2 aromatic heterocycles. The molecular formula is C11H15N5. The number of hydrogen-bond donors (Lipinski definition) is 2. The van der Waals surface area contributed by atoms with Crippen LogP contribution in [-0.4, -0.2) is 20.2 Å². The number of nitrogens with one attached hydrogen (secondary N) is 2. The van der Waals surface area contributed by atoms with E-state index in [0.29, 0.717) is 0 Å². The van der Waals surface area contributed by atoms with E-state index in [1.165, 1.54) is 0 Å². The largest absolute Gasteiger partial charge is 0.303 e. The molecule has 1 unspecified atom stereocenters. The minimum Gasteiger partial charge on any atom is -0.303 e. The predicted octanol–water partition coefficient (Wildman–Crippen LogP) is 1.36. The van der Waals surface area contributed by atoms with Crippen molar-refractivity contribution in [2.24, 2.45) is 0 Å². The summed E-state index contributed by atoms with van der Waals surface area (Å²) in [6.45, 7) is 4.70. The number of nitrogens with zero attached hydrogens (tertiary/aromatic N) is 3. The average Bonchev–Trinajstić information content (AvgIpc) is 2.79. The molecule has 2 N–H and O–H groups in total. The predicted molar refractivity (Wildman–Crippen MR) is 60.6 cm³/mol. The van der Waals surface area contributed by atoms with E-state index in [0.717, 1.165) is 23.8 Å². The van der Waals surface area contributed by atoms with Crippen LogP contribution in [0.25, 0.3) is 0 Å². The third kappa shape index (κ3) is 2.64. The topological polar surface area (TPSA) is 66.5 Å². The maximum atomic E-state index is 4.33. The van der Waals surface area contributed by atoms with Gasteiger partial charge in [-0.1, -0.05) is 0 Å². The minimum absolute atomic E-state index is 0.234. The summed E-state index contributed by atoms with van der Waals surface area (Å²) in [4.78, 5) is 8.39. The smallest absolute Gasteiger partial charge is 0.125 e. The molecule has 0 aliphatic rings. The molecule has 1 atom stereocenters. The Balaban J connectivity index is 1.92. The molecule has 0 fully saturated rings. The van der Waals surface area contributed by atoms with Crippen molar-refractivity contribution >= 4 is 0 Å². The quantitative estimate of drug-likeness (QED) is 0.811. The van der Waals surface area contributed by atoms with E-state index in [1.807, 2.05) is 19.1 Å². The lowest BCUT2D eigenvalue weighted by Crippen LogP contribution is -2.19. The van der Waals surface area contributed by atoms with E-state index in [9.17, 15) is 0 Å². The summed E-state index contributed by atoms with van der Waals surface area (Å²) >= 11 is 0. The lowest BCUT2D eigenvalue weighted by Gasteiger charge is -2.11. The number of aromatic nitrogens is 4. The number of hydrogen-bond acceptors (Lipinski definition) is 4. The second kappa shape index (κ2) is 4.85. The van der Waals surface area contributed by atoms with Crippen LogP contribution in [-0.2, 0) is 6.54 Å². The summed E-state index contributed by atoms with van der Waals surface area (Å²) in [6, 6.07) is 4.11. The molecule has 5 nitrogen and oxygen atoms in total. The average molecular weight is 217 g/mol. The van der Waals surface area contributed by atoms with Crippen LogP contribution in [0.3, 0.4) is 0 Å². The number of aromatic amines is 1. The van der Waals surface area contributed by atoms with Crippen LogP contribution in [0, 0.1) is 6.92 Å². The fourth-order valence-electron chi connectivity index (χ4n) is 1.48. The van der Waals surface area contributed by atoms with E-state index in [2.05, 4.69) is 32.4 Å². The molecule has 0 radical (unpaired) electrons. The fourth-order valence-corrected chi connectivity index (χ4v) is 1.48. The Morgan fingerprint density at radius 1 is 1.38 bits per heavy atom. The Bertz CT molecular complexity index is 437. The first-order chi connectivity index (χ1) is 7.75. The van der Waals surface area contributed by atoms with Gasteiger partial charge in [-0.2, -0.15) is 5.10 Å². The van der Waals surface area contributed by atoms with Gasteiger partial charge in [0.25, 0.3) is 0 Å². The van der Waals surface area contributed by atoms with Gasteiger partial charge in [-0.15, -0.1) is 0 Å². The second-order valence-corrected chi connectivity index (χ2v) is 3.71. The first-order valence-electron chi connectivity index (χ1n) is 5.27. The minimum atomic E-state index is 0.234. The molecular weight excluding hydrogens is 202 g/mol. The van der Waals surface area contributed by atoms with Gasteiger partial charge in [0, 0.05) is 25.0 Å². The van der Waals surface area contributed by atoms with Gasteiger partial charge in [0.1, 0.15) is 5.82 Å². The van der Waals surface area contributed by atoms with Gasteiger partial charge in [-0.25, -0.2) is 9.97 Å². The monoisotopic (exact) mass is 217 g/mol. The van der Waals surface area contributed by atoms with Crippen molar-refractivity contribution in [3.8, 4) is 0 Å².